The average molecular weight is 1660 g/mol. The second kappa shape index (κ2) is 44.5. The monoisotopic (exact) mass is 1660 g/mol. The fourth-order valence-electron chi connectivity index (χ4n) is 9.06. The number of hydrogen-bond donors (Lipinski definition) is 5. The summed E-state index contributed by atoms with van der Waals surface area (Å²) in [6.45, 7) is 56.2. The Bertz CT molecular complexity index is 3820. The molecular formula is C68H99N12O6PY5-2. The van der Waals surface area contributed by atoms with Crippen LogP contribution in [-0.4, -0.2) is 59.8 Å². The van der Waals surface area contributed by atoms with Crippen molar-refractivity contribution in [1.29, 1.82) is 0 Å². The first-order valence-corrected chi connectivity index (χ1v) is 29.3. The van der Waals surface area contributed by atoms with Gasteiger partial charge in [0.25, 0.3) is 5.69 Å². The molecule has 0 aromatic carbocycles. The third-order valence-corrected chi connectivity index (χ3v) is 16.2. The first-order chi connectivity index (χ1) is 39.9. The number of fused-ring (bicyclic) bond motifs is 3. The number of H-pyrrole nitrogens is 3. The summed E-state index contributed by atoms with van der Waals surface area (Å²) in [6.07, 6.45) is 6.73. The molecule has 18 nitrogen and oxygen atoms in total. The van der Waals surface area contributed by atoms with Crippen molar-refractivity contribution in [2.24, 2.45) is 0 Å². The van der Waals surface area contributed by atoms with Gasteiger partial charge in [-0.25, -0.2) is 0 Å². The molecule has 0 unspecified atom stereocenters. The van der Waals surface area contributed by atoms with Crippen molar-refractivity contribution in [1.82, 2.24) is 44.9 Å². The van der Waals surface area contributed by atoms with E-state index < -0.39 is 4.92 Å². The number of aryl methyl sites for hydroxylation is 13. The van der Waals surface area contributed by atoms with Crippen molar-refractivity contribution in [3.63, 3.8) is 0 Å². The van der Waals surface area contributed by atoms with Gasteiger partial charge in [-0.3, -0.25) is 44.7 Å². The van der Waals surface area contributed by atoms with Gasteiger partial charge in [0.2, 0.25) is 0 Å². The van der Waals surface area contributed by atoms with Crippen LogP contribution < -0.4 is 5.73 Å². The first-order valence-electron chi connectivity index (χ1n) is 28.9. The summed E-state index contributed by atoms with van der Waals surface area (Å²) in [7, 11) is 1.72. The van der Waals surface area contributed by atoms with Crippen LogP contribution in [0.15, 0.2) is 0 Å². The van der Waals surface area contributed by atoms with E-state index in [4.69, 9.17) is 10.3 Å². The largest absolute Gasteiger partial charge is 0.494 e. The number of aromatic hydroxyl groups is 1. The zero-order chi connectivity index (χ0) is 66.4. The van der Waals surface area contributed by atoms with E-state index in [9.17, 15) is 25.3 Å². The molecule has 489 valence electrons. The van der Waals surface area contributed by atoms with Crippen molar-refractivity contribution in [3.8, 4) is 5.88 Å². The minimum Gasteiger partial charge on any atom is -0.494 e. The van der Waals surface area contributed by atoms with Gasteiger partial charge in [0.15, 0.2) is 11.6 Å². The predicted molar refractivity (Wildman–Crippen MR) is 362 cm³/mol. The van der Waals surface area contributed by atoms with Crippen LogP contribution >= 0.6 is 9.12 Å². The maximum Gasteiger partial charge on any atom is 0.294 e. The molecular weight excluding hydrogens is 1560 g/mol. The van der Waals surface area contributed by atoms with Crippen molar-refractivity contribution in [3.05, 3.63) is 167 Å². The number of nitrogens with one attached hydrogen (secondary N) is 3. The van der Waals surface area contributed by atoms with Crippen molar-refractivity contribution in [2.45, 2.75) is 220 Å². The number of pyridine rings is 6. The second-order valence-electron chi connectivity index (χ2n) is 22.7. The average Bonchev–Trinajstić information content (AvgIpc) is 1.66. The van der Waals surface area contributed by atoms with Crippen LogP contribution in [0.25, 0.3) is 33.1 Å². The number of hydrogen-bond acceptors (Lipinski definition) is 13. The maximum atomic E-state index is 11.0. The number of nitrogen functional groups attached to an aromatic ring is 1. The Kier molecular flexibility index (Phi) is 47.5. The topological polar surface area (TPSA) is 274 Å². The molecule has 9 aromatic rings. The Hall–Kier alpha value is -2.46. The minimum absolute atomic E-state index is 0. The smallest absolute Gasteiger partial charge is 0.294 e. The Balaban J connectivity index is -0.000000320. The van der Waals surface area contributed by atoms with Gasteiger partial charge in [0.05, 0.1) is 38.4 Å². The number of aromatic amines is 3. The number of nitrogens with two attached hydrogens (primary N) is 1. The van der Waals surface area contributed by atoms with Gasteiger partial charge in [-0.1, -0.05) is 118 Å². The van der Waals surface area contributed by atoms with Crippen LogP contribution in [0.3, 0.4) is 0 Å². The molecule has 0 fully saturated rings. The molecule has 0 atom stereocenters. The van der Waals surface area contributed by atoms with E-state index in [1.165, 1.54) is 62.1 Å². The zero-order valence-electron chi connectivity index (χ0n) is 59.4. The fraction of sp³-hybridized carbons (Fsp3) is 0.471. The van der Waals surface area contributed by atoms with E-state index >= 15 is 0 Å². The Morgan fingerprint density at radius 1 is 0.467 bits per heavy atom. The number of nitrogens with zero attached hydrogens (tertiary/aromatic N) is 8. The van der Waals surface area contributed by atoms with Crippen LogP contribution in [0.2, 0.25) is 0 Å². The molecule has 9 aromatic heterocycles. The van der Waals surface area contributed by atoms with Gasteiger partial charge >= 0.3 is 0 Å². The summed E-state index contributed by atoms with van der Waals surface area (Å²) in [4.78, 5) is 56.3. The Labute approximate surface area is 676 Å². The standard InChI is InChI=1S/C12H16N2.C11H16N2O2.C11H14N2O.C11H13N2.C11H18N2.C8H9N2O2.C3H8.CH4.HOP.5Y/c1-6-7(2)11-12(13-9(6)4)8(3)10(5)14-11;1-6(2)10-11(13(14)15)8(4)7(3)9(5)12-10;1-5-6(2)9-10(12-8(5)4)7(3)11(14)13-9;1-6-5-12-11-8(3)7(2)9(4)13-10(6)11;1-6(2)11-10(12)8(4)7(3)9(5)13-11;1-5-6(2)8(10(11)12)4-9-7(5)3;1-3-2;;1-2;;;;;/h14H,1-5H3;6H,1-5H3;13-14H,1-4H3;12H,1-4H3;6H,12H2,1-5H3;1-3H3;3H2,1-2H3;1H4;2H;;;;;/q;;;-1;;-1;;;;;;;;. The van der Waals surface area contributed by atoms with Crippen molar-refractivity contribution in [2.75, 3.05) is 5.73 Å². The van der Waals surface area contributed by atoms with Crippen LogP contribution in [0, 0.1) is 185 Å². The third kappa shape index (κ3) is 24.5. The molecule has 9 heterocycles. The van der Waals surface area contributed by atoms with Gasteiger partial charge in [-0.2, -0.15) is 0 Å². The second-order valence-corrected chi connectivity index (χ2v) is 22.7. The van der Waals surface area contributed by atoms with E-state index in [0.717, 1.165) is 107 Å². The van der Waals surface area contributed by atoms with Gasteiger partial charge in [0, 0.05) is 226 Å². The summed E-state index contributed by atoms with van der Waals surface area (Å²) in [5, 5.41) is 30.9. The molecule has 24 heteroatoms. The number of nitro groups is 2. The summed E-state index contributed by atoms with van der Waals surface area (Å²) in [5.74, 6) is 0.696. The molecule has 0 bridgehead atoms. The normalized spacial score (nSPS) is 9.80. The van der Waals surface area contributed by atoms with Crippen LogP contribution in [-0.2, 0) is 168 Å². The fourth-order valence-corrected chi connectivity index (χ4v) is 9.06. The minimum atomic E-state index is -0.464. The molecule has 0 spiro atoms. The molecule has 0 saturated carbocycles. The number of rotatable bonds is 4. The molecule has 0 aliphatic carbocycles. The molecule has 92 heavy (non-hydrogen) atoms. The van der Waals surface area contributed by atoms with E-state index in [1.807, 2.05) is 90.0 Å². The van der Waals surface area contributed by atoms with Gasteiger partial charge in [-0.05, 0) is 174 Å². The first kappa shape index (κ1) is 98.2. The quantitative estimate of drug-likeness (QED) is 0.0475. The molecule has 9 rings (SSSR count). The summed E-state index contributed by atoms with van der Waals surface area (Å²) >= 11 is 0. The van der Waals surface area contributed by atoms with Gasteiger partial charge < -0.3 is 35.8 Å². The Morgan fingerprint density at radius 2 is 0.815 bits per heavy atom. The van der Waals surface area contributed by atoms with E-state index in [0.29, 0.717) is 17.2 Å². The predicted octanol–water partition coefficient (Wildman–Crippen LogP) is 18.2. The summed E-state index contributed by atoms with van der Waals surface area (Å²) < 4.78 is 8.06. The molecule has 0 aliphatic rings. The van der Waals surface area contributed by atoms with Crippen LogP contribution in [0.1, 0.15) is 202 Å². The van der Waals surface area contributed by atoms with Gasteiger partial charge in [-0.15, -0.1) is 17.3 Å². The van der Waals surface area contributed by atoms with Crippen molar-refractivity contribution >= 4 is 59.3 Å². The molecule has 0 aliphatic heterocycles. The molecule has 0 amide bonds. The Morgan fingerprint density at radius 3 is 1.23 bits per heavy atom. The number of aromatic nitrogens is 9. The molecule has 0 saturated heterocycles. The van der Waals surface area contributed by atoms with E-state index in [1.54, 1.807) is 23.0 Å². The van der Waals surface area contributed by atoms with E-state index in [-0.39, 0.29) is 199 Å². The summed E-state index contributed by atoms with van der Waals surface area (Å²) in [6, 6.07) is 0. The SMILES string of the molecule is C.CCC.Cc1n[c-]c([N+](=O)[O-])c(C)c1C.Cc1nc(C(C)C)c(N)c(C)c1C.Cc1nc(C(C)C)c([N+](=O)[O-])c(C)c1C.Cc1nc2c(C)[c-][nH]c2c(C)c1C.Cc1nc2c(C)c(C)[nH]c2c(C)c1C.Cc1nc2c(C)c(O)[nH]c2c(C)c1C.O=P.[Y].[Y].[Y].[Y].[Y]. The van der Waals surface area contributed by atoms with Crippen LogP contribution in [0.5, 0.6) is 5.88 Å². The van der Waals surface area contributed by atoms with Crippen molar-refractivity contribution < 1.29 is 183 Å². The zero-order valence-corrected chi connectivity index (χ0v) is 74.6. The third-order valence-electron chi connectivity index (χ3n) is 16.2. The molecule has 5 radical (unpaired) electrons. The molecule has 6 N–H and O–H groups in total. The van der Waals surface area contributed by atoms with E-state index in [2.05, 4.69) is 147 Å². The maximum absolute atomic E-state index is 11.0. The van der Waals surface area contributed by atoms with Crippen LogP contribution in [0.4, 0.5) is 17.1 Å². The van der Waals surface area contributed by atoms with Gasteiger partial charge in [0.1, 0.15) is 14.8 Å². The summed E-state index contributed by atoms with van der Waals surface area (Å²) in [5.41, 5.74) is 38.4. The number of anilines is 1.